The number of hydrogen-bond acceptors (Lipinski definition) is 6. The molecule has 10 heteroatoms. The minimum absolute atomic E-state index is 0.0999. The molecule has 3 N–H and O–H groups in total. The van der Waals surface area contributed by atoms with E-state index >= 15 is 0 Å². The number of rotatable bonds is 5. The SMILES string of the molecule is Cc1cc(C)c(NC(=O)CN(C)Cc2ccc3c(c2)OCO3)c(Cl)c1.O=C(O)C(=O)O. The van der Waals surface area contributed by atoms with Crippen molar-refractivity contribution in [3.8, 4) is 11.5 Å². The van der Waals surface area contributed by atoms with Gasteiger partial charge < -0.3 is 25.0 Å². The van der Waals surface area contributed by atoms with Crippen LogP contribution in [-0.2, 0) is 20.9 Å². The first-order valence-electron chi connectivity index (χ1n) is 9.16. The van der Waals surface area contributed by atoms with E-state index in [2.05, 4.69) is 5.32 Å². The molecule has 0 bridgehead atoms. The van der Waals surface area contributed by atoms with E-state index in [0.29, 0.717) is 17.3 Å². The predicted octanol–water partition coefficient (Wildman–Crippen LogP) is 2.91. The number of carboxylic acid groups (broad SMARTS) is 2. The van der Waals surface area contributed by atoms with E-state index in [9.17, 15) is 4.79 Å². The number of nitrogens with one attached hydrogen (secondary N) is 1. The minimum Gasteiger partial charge on any atom is -0.473 e. The van der Waals surface area contributed by atoms with E-state index < -0.39 is 11.9 Å². The lowest BCUT2D eigenvalue weighted by Crippen LogP contribution is -2.30. The summed E-state index contributed by atoms with van der Waals surface area (Å²) in [5, 5.41) is 18.2. The van der Waals surface area contributed by atoms with Crippen LogP contribution in [0.5, 0.6) is 11.5 Å². The topological polar surface area (TPSA) is 125 Å². The monoisotopic (exact) mass is 450 g/mol. The molecule has 0 fully saturated rings. The number of halogens is 1. The third kappa shape index (κ3) is 7.16. The van der Waals surface area contributed by atoms with E-state index in [1.54, 1.807) is 0 Å². The number of likely N-dealkylation sites (N-methyl/N-ethyl adjacent to an activating group) is 1. The summed E-state index contributed by atoms with van der Waals surface area (Å²) < 4.78 is 10.7. The summed E-state index contributed by atoms with van der Waals surface area (Å²) in [6.07, 6.45) is 0. The van der Waals surface area contributed by atoms with Gasteiger partial charge in [0.15, 0.2) is 11.5 Å². The van der Waals surface area contributed by atoms with Gasteiger partial charge >= 0.3 is 11.9 Å². The molecule has 166 valence electrons. The van der Waals surface area contributed by atoms with Crippen LogP contribution in [0.3, 0.4) is 0 Å². The molecule has 0 atom stereocenters. The average Bonchev–Trinajstić information content (AvgIpc) is 3.12. The highest BCUT2D eigenvalue weighted by molar-refractivity contribution is 6.34. The number of fused-ring (bicyclic) bond motifs is 1. The Morgan fingerprint density at radius 3 is 2.32 bits per heavy atom. The van der Waals surface area contributed by atoms with Crippen LogP contribution >= 0.6 is 11.6 Å². The maximum Gasteiger partial charge on any atom is 0.414 e. The maximum absolute atomic E-state index is 12.3. The molecule has 0 aliphatic carbocycles. The molecule has 0 aromatic heterocycles. The molecule has 0 saturated carbocycles. The lowest BCUT2D eigenvalue weighted by Gasteiger charge is -2.18. The van der Waals surface area contributed by atoms with Crippen molar-refractivity contribution in [2.75, 3.05) is 25.7 Å². The second kappa shape index (κ2) is 10.6. The standard InChI is InChI=1S/C19H21ClN2O3.C2H2O4/c1-12-6-13(2)19(15(20)7-12)21-18(23)10-22(3)9-14-4-5-16-17(8-14)25-11-24-16;3-1(4)2(5)6/h4-8H,9-11H2,1-3H3,(H,21,23);(H,3,4)(H,5,6). The number of benzene rings is 2. The lowest BCUT2D eigenvalue weighted by molar-refractivity contribution is -0.159. The largest absolute Gasteiger partial charge is 0.473 e. The van der Waals surface area contributed by atoms with Crippen LogP contribution in [0.2, 0.25) is 5.02 Å². The van der Waals surface area contributed by atoms with Gasteiger partial charge in [0, 0.05) is 6.54 Å². The Balaban J connectivity index is 0.000000501. The van der Waals surface area contributed by atoms with E-state index in [1.165, 1.54) is 0 Å². The highest BCUT2D eigenvalue weighted by atomic mass is 35.5. The number of carbonyl (C=O) groups excluding carboxylic acids is 1. The number of carboxylic acids is 2. The number of amides is 1. The Hall–Kier alpha value is -3.30. The van der Waals surface area contributed by atoms with Gasteiger partial charge in [0.25, 0.3) is 0 Å². The van der Waals surface area contributed by atoms with Crippen LogP contribution in [0.15, 0.2) is 30.3 Å². The van der Waals surface area contributed by atoms with Gasteiger partial charge in [-0.3, -0.25) is 9.69 Å². The molecule has 1 aliphatic rings. The van der Waals surface area contributed by atoms with Gasteiger partial charge in [-0.05, 0) is 55.8 Å². The van der Waals surface area contributed by atoms with Gasteiger partial charge in [-0.2, -0.15) is 0 Å². The maximum atomic E-state index is 12.3. The molecule has 3 rings (SSSR count). The van der Waals surface area contributed by atoms with Crippen LogP contribution in [0, 0.1) is 13.8 Å². The fraction of sp³-hybridized carbons (Fsp3) is 0.286. The smallest absolute Gasteiger partial charge is 0.414 e. The van der Waals surface area contributed by atoms with Gasteiger partial charge in [-0.25, -0.2) is 9.59 Å². The summed E-state index contributed by atoms with van der Waals surface area (Å²) in [6, 6.07) is 9.65. The summed E-state index contributed by atoms with van der Waals surface area (Å²) in [5.41, 5.74) is 3.76. The summed E-state index contributed by atoms with van der Waals surface area (Å²) in [6.45, 7) is 5.06. The van der Waals surface area contributed by atoms with Crippen molar-refractivity contribution in [3.05, 3.63) is 52.0 Å². The Bertz CT molecular complexity index is 959. The molecule has 1 aliphatic heterocycles. The zero-order valence-corrected chi connectivity index (χ0v) is 18.0. The Morgan fingerprint density at radius 1 is 1.06 bits per heavy atom. The number of ether oxygens (including phenoxy) is 2. The van der Waals surface area contributed by atoms with Crippen LogP contribution in [-0.4, -0.2) is 53.3 Å². The van der Waals surface area contributed by atoms with Gasteiger partial charge in [-0.15, -0.1) is 0 Å². The third-order valence-electron chi connectivity index (χ3n) is 4.18. The first-order chi connectivity index (χ1) is 14.6. The number of aryl methyl sites for hydroxylation is 2. The van der Waals surface area contributed by atoms with Crippen molar-refractivity contribution < 1.29 is 34.1 Å². The van der Waals surface area contributed by atoms with E-state index in [-0.39, 0.29) is 19.2 Å². The van der Waals surface area contributed by atoms with E-state index in [0.717, 1.165) is 28.2 Å². The van der Waals surface area contributed by atoms with Gasteiger partial charge in [0.2, 0.25) is 12.7 Å². The molecule has 0 spiro atoms. The third-order valence-corrected chi connectivity index (χ3v) is 4.48. The van der Waals surface area contributed by atoms with E-state index in [1.807, 2.05) is 56.1 Å². The number of carbonyl (C=O) groups is 3. The normalized spacial score (nSPS) is 11.5. The highest BCUT2D eigenvalue weighted by Crippen LogP contribution is 2.32. The number of hydrogen-bond donors (Lipinski definition) is 3. The summed E-state index contributed by atoms with van der Waals surface area (Å²) in [4.78, 5) is 32.5. The molecule has 0 radical (unpaired) electrons. The number of aliphatic carboxylic acids is 2. The van der Waals surface area contributed by atoms with Crippen molar-refractivity contribution >= 4 is 35.1 Å². The molecule has 0 unspecified atom stereocenters. The molecule has 9 nitrogen and oxygen atoms in total. The minimum atomic E-state index is -1.82. The predicted molar refractivity (Wildman–Crippen MR) is 114 cm³/mol. The first-order valence-corrected chi connectivity index (χ1v) is 9.54. The van der Waals surface area contributed by atoms with Gasteiger partial charge in [0.05, 0.1) is 17.3 Å². The van der Waals surface area contributed by atoms with Crippen LogP contribution < -0.4 is 14.8 Å². The van der Waals surface area contributed by atoms with Gasteiger partial charge in [0.1, 0.15) is 0 Å². The summed E-state index contributed by atoms with van der Waals surface area (Å²) in [5.74, 6) is -2.24. The van der Waals surface area contributed by atoms with Crippen LogP contribution in [0.4, 0.5) is 5.69 Å². The quantitative estimate of drug-likeness (QED) is 0.594. The fourth-order valence-corrected chi connectivity index (χ4v) is 3.27. The average molecular weight is 451 g/mol. The molecule has 1 heterocycles. The Kier molecular flexibility index (Phi) is 8.23. The number of nitrogens with zero attached hydrogens (tertiary/aromatic N) is 1. The van der Waals surface area contributed by atoms with Crippen LogP contribution in [0.1, 0.15) is 16.7 Å². The Morgan fingerprint density at radius 2 is 1.71 bits per heavy atom. The zero-order valence-electron chi connectivity index (χ0n) is 17.3. The molecule has 31 heavy (non-hydrogen) atoms. The second-order valence-electron chi connectivity index (χ2n) is 6.96. The summed E-state index contributed by atoms with van der Waals surface area (Å²) in [7, 11) is 1.90. The lowest BCUT2D eigenvalue weighted by atomic mass is 10.1. The molecule has 0 saturated heterocycles. The molecular weight excluding hydrogens is 428 g/mol. The molecule has 2 aromatic rings. The van der Waals surface area contributed by atoms with Crippen molar-refractivity contribution in [2.24, 2.45) is 0 Å². The van der Waals surface area contributed by atoms with Crippen LogP contribution in [0.25, 0.3) is 0 Å². The molecule has 1 amide bonds. The second-order valence-corrected chi connectivity index (χ2v) is 7.36. The van der Waals surface area contributed by atoms with Gasteiger partial charge in [-0.1, -0.05) is 23.7 Å². The molecule has 2 aromatic carbocycles. The first kappa shape index (κ1) is 24.0. The van der Waals surface area contributed by atoms with Crippen molar-refractivity contribution in [3.63, 3.8) is 0 Å². The van der Waals surface area contributed by atoms with Crippen molar-refractivity contribution in [2.45, 2.75) is 20.4 Å². The van der Waals surface area contributed by atoms with Crippen molar-refractivity contribution in [1.29, 1.82) is 0 Å². The van der Waals surface area contributed by atoms with Crippen molar-refractivity contribution in [1.82, 2.24) is 4.90 Å². The zero-order chi connectivity index (χ0) is 23.1. The summed E-state index contributed by atoms with van der Waals surface area (Å²) >= 11 is 6.25. The number of anilines is 1. The van der Waals surface area contributed by atoms with E-state index in [4.69, 9.17) is 40.9 Å². The highest BCUT2D eigenvalue weighted by Gasteiger charge is 2.15. The molecular formula is C21H23ClN2O7. The Labute approximate surface area is 184 Å². The fourth-order valence-electron chi connectivity index (χ4n) is 2.91.